The van der Waals surface area contributed by atoms with E-state index in [-0.39, 0.29) is 30.3 Å². The molecule has 0 aromatic heterocycles. The van der Waals surface area contributed by atoms with Crippen LogP contribution in [0.25, 0.3) is 0 Å². The zero-order chi connectivity index (χ0) is 15.8. The molecule has 0 saturated heterocycles. The standard InChI is InChI=1S/C13H16N2O5S/c1-2-14(8-7-13(17)18)12(16)9-21-11-5-3-10(4-6-11)15(19)20/h3-6H,2,7-9H2,1H3,(H,17,18). The number of hydrogen-bond acceptors (Lipinski definition) is 5. The van der Waals surface area contributed by atoms with Gasteiger partial charge in [-0.05, 0) is 19.1 Å². The molecule has 0 fully saturated rings. The van der Waals surface area contributed by atoms with Crippen LogP contribution < -0.4 is 0 Å². The van der Waals surface area contributed by atoms with Crippen molar-refractivity contribution in [3.05, 3.63) is 34.4 Å². The van der Waals surface area contributed by atoms with Crippen LogP contribution in [0.3, 0.4) is 0 Å². The van der Waals surface area contributed by atoms with Gasteiger partial charge in [-0.3, -0.25) is 19.7 Å². The molecule has 0 atom stereocenters. The Kier molecular flexibility index (Phi) is 6.67. The van der Waals surface area contributed by atoms with Crippen molar-refractivity contribution in [2.45, 2.75) is 18.2 Å². The summed E-state index contributed by atoms with van der Waals surface area (Å²) in [6, 6.07) is 5.94. The van der Waals surface area contributed by atoms with Gasteiger partial charge in [-0.2, -0.15) is 0 Å². The molecule has 7 nitrogen and oxygen atoms in total. The average Bonchev–Trinajstić information content (AvgIpc) is 2.45. The number of nitro groups is 1. The predicted molar refractivity (Wildman–Crippen MR) is 78.3 cm³/mol. The van der Waals surface area contributed by atoms with Crippen LogP contribution in [-0.4, -0.2) is 45.6 Å². The van der Waals surface area contributed by atoms with Gasteiger partial charge in [0.1, 0.15) is 0 Å². The van der Waals surface area contributed by atoms with E-state index in [0.29, 0.717) is 6.54 Å². The molecule has 0 aliphatic heterocycles. The molecule has 1 aromatic carbocycles. The second kappa shape index (κ2) is 8.25. The first-order chi connectivity index (χ1) is 9.93. The Morgan fingerprint density at radius 3 is 2.43 bits per heavy atom. The van der Waals surface area contributed by atoms with E-state index in [1.54, 1.807) is 19.1 Å². The lowest BCUT2D eigenvalue weighted by atomic mass is 10.3. The number of carbonyl (C=O) groups excluding carboxylic acids is 1. The maximum atomic E-state index is 11.9. The van der Waals surface area contributed by atoms with E-state index in [2.05, 4.69) is 0 Å². The molecule has 0 radical (unpaired) electrons. The zero-order valence-corrected chi connectivity index (χ0v) is 12.3. The largest absolute Gasteiger partial charge is 0.481 e. The first-order valence-electron chi connectivity index (χ1n) is 6.31. The quantitative estimate of drug-likeness (QED) is 0.447. The van der Waals surface area contributed by atoms with Crippen molar-refractivity contribution in [1.29, 1.82) is 0 Å². The van der Waals surface area contributed by atoms with Gasteiger partial charge in [-0.1, -0.05) is 0 Å². The van der Waals surface area contributed by atoms with Crippen molar-refractivity contribution in [1.82, 2.24) is 4.90 Å². The van der Waals surface area contributed by atoms with Gasteiger partial charge in [-0.15, -0.1) is 11.8 Å². The van der Waals surface area contributed by atoms with Crippen molar-refractivity contribution in [3.63, 3.8) is 0 Å². The number of carboxylic acids is 1. The summed E-state index contributed by atoms with van der Waals surface area (Å²) in [5.74, 6) is -0.919. The molecule has 1 aromatic rings. The minimum absolute atomic E-state index is 0.00215. The molecular weight excluding hydrogens is 296 g/mol. The summed E-state index contributed by atoms with van der Waals surface area (Å²) in [6.45, 7) is 2.43. The fraction of sp³-hybridized carbons (Fsp3) is 0.385. The lowest BCUT2D eigenvalue weighted by Gasteiger charge is -2.19. The molecule has 0 spiro atoms. The molecule has 21 heavy (non-hydrogen) atoms. The van der Waals surface area contributed by atoms with Crippen molar-refractivity contribution < 1.29 is 19.6 Å². The molecule has 0 saturated carbocycles. The minimum atomic E-state index is -0.940. The third kappa shape index (κ3) is 5.82. The van der Waals surface area contributed by atoms with Crippen LogP contribution in [-0.2, 0) is 9.59 Å². The minimum Gasteiger partial charge on any atom is -0.481 e. The molecule has 0 heterocycles. The first kappa shape index (κ1) is 17.0. The highest BCUT2D eigenvalue weighted by atomic mass is 32.2. The van der Waals surface area contributed by atoms with Crippen molar-refractivity contribution >= 4 is 29.3 Å². The Morgan fingerprint density at radius 2 is 1.95 bits per heavy atom. The van der Waals surface area contributed by atoms with Crippen LogP contribution >= 0.6 is 11.8 Å². The highest BCUT2D eigenvalue weighted by molar-refractivity contribution is 8.00. The lowest BCUT2D eigenvalue weighted by Crippen LogP contribution is -2.34. The van der Waals surface area contributed by atoms with Crippen molar-refractivity contribution in [2.75, 3.05) is 18.8 Å². The summed E-state index contributed by atoms with van der Waals surface area (Å²) in [5, 5.41) is 19.1. The van der Waals surface area contributed by atoms with E-state index >= 15 is 0 Å². The van der Waals surface area contributed by atoms with Crippen LogP contribution in [0.4, 0.5) is 5.69 Å². The number of rotatable bonds is 8. The number of nitro benzene ring substituents is 1. The highest BCUT2D eigenvalue weighted by Crippen LogP contribution is 2.21. The van der Waals surface area contributed by atoms with Crippen LogP contribution in [0.15, 0.2) is 29.2 Å². The Bertz CT molecular complexity index is 518. The van der Waals surface area contributed by atoms with Gasteiger partial charge in [0.05, 0.1) is 17.1 Å². The summed E-state index contributed by atoms with van der Waals surface area (Å²) in [7, 11) is 0. The van der Waals surface area contributed by atoms with E-state index in [1.165, 1.54) is 28.8 Å². The number of non-ortho nitro benzene ring substituents is 1. The van der Waals surface area contributed by atoms with Gasteiger partial charge in [0.15, 0.2) is 0 Å². The number of nitrogens with zero attached hydrogens (tertiary/aromatic N) is 2. The molecular formula is C13H16N2O5S. The predicted octanol–water partition coefficient (Wildman–Crippen LogP) is 2.01. The van der Waals surface area contributed by atoms with E-state index < -0.39 is 10.9 Å². The fourth-order valence-corrected chi connectivity index (χ4v) is 2.39. The maximum Gasteiger partial charge on any atom is 0.305 e. The summed E-state index contributed by atoms with van der Waals surface area (Å²) >= 11 is 1.27. The second-order valence-electron chi connectivity index (χ2n) is 4.16. The number of hydrogen-bond donors (Lipinski definition) is 1. The average molecular weight is 312 g/mol. The Hall–Kier alpha value is -2.09. The molecule has 1 rings (SSSR count). The zero-order valence-electron chi connectivity index (χ0n) is 11.5. The Balaban J connectivity index is 2.50. The number of benzene rings is 1. The van der Waals surface area contributed by atoms with Gasteiger partial charge in [-0.25, -0.2) is 0 Å². The van der Waals surface area contributed by atoms with Crippen LogP contribution in [0.5, 0.6) is 0 Å². The number of thioether (sulfide) groups is 1. The van der Waals surface area contributed by atoms with E-state index in [9.17, 15) is 19.7 Å². The molecule has 114 valence electrons. The van der Waals surface area contributed by atoms with E-state index in [4.69, 9.17) is 5.11 Å². The molecule has 0 aliphatic carbocycles. The smallest absolute Gasteiger partial charge is 0.305 e. The molecule has 0 bridgehead atoms. The van der Waals surface area contributed by atoms with Gasteiger partial charge < -0.3 is 10.0 Å². The van der Waals surface area contributed by atoms with E-state index in [1.807, 2.05) is 0 Å². The molecule has 1 N–H and O–H groups in total. The lowest BCUT2D eigenvalue weighted by molar-refractivity contribution is -0.384. The van der Waals surface area contributed by atoms with Crippen LogP contribution in [0.1, 0.15) is 13.3 Å². The SMILES string of the molecule is CCN(CCC(=O)O)C(=O)CSc1ccc([N+](=O)[O-])cc1. The van der Waals surface area contributed by atoms with Crippen molar-refractivity contribution in [2.24, 2.45) is 0 Å². The number of carbonyl (C=O) groups is 2. The number of carboxylic acid groups (broad SMARTS) is 1. The first-order valence-corrected chi connectivity index (χ1v) is 7.29. The topological polar surface area (TPSA) is 101 Å². The molecule has 0 unspecified atom stereocenters. The summed E-state index contributed by atoms with van der Waals surface area (Å²) < 4.78 is 0. The number of aliphatic carboxylic acids is 1. The third-order valence-corrected chi connectivity index (χ3v) is 3.74. The normalized spacial score (nSPS) is 10.1. The van der Waals surface area contributed by atoms with Gasteiger partial charge in [0.25, 0.3) is 5.69 Å². The third-order valence-electron chi connectivity index (χ3n) is 2.74. The molecule has 0 aliphatic rings. The summed E-state index contributed by atoms with van der Waals surface area (Å²) in [4.78, 5) is 34.7. The Morgan fingerprint density at radius 1 is 1.33 bits per heavy atom. The second-order valence-corrected chi connectivity index (χ2v) is 5.21. The maximum absolute atomic E-state index is 11.9. The van der Waals surface area contributed by atoms with Gasteiger partial charge in [0.2, 0.25) is 5.91 Å². The summed E-state index contributed by atoms with van der Waals surface area (Å²) in [6.07, 6.45) is -0.0816. The molecule has 1 amide bonds. The van der Waals surface area contributed by atoms with Crippen molar-refractivity contribution in [3.8, 4) is 0 Å². The van der Waals surface area contributed by atoms with Crippen LogP contribution in [0.2, 0.25) is 0 Å². The summed E-state index contributed by atoms with van der Waals surface area (Å²) in [5.41, 5.74) is 0.00215. The van der Waals surface area contributed by atoms with Gasteiger partial charge >= 0.3 is 5.97 Å². The monoisotopic (exact) mass is 312 g/mol. The van der Waals surface area contributed by atoms with E-state index in [0.717, 1.165) is 4.90 Å². The van der Waals surface area contributed by atoms with Gasteiger partial charge in [0, 0.05) is 30.1 Å². The van der Waals surface area contributed by atoms with Crippen LogP contribution in [0, 0.1) is 10.1 Å². The fourth-order valence-electron chi connectivity index (χ4n) is 1.59. The highest BCUT2D eigenvalue weighted by Gasteiger charge is 2.13. The number of amides is 1. The Labute approximate surface area is 126 Å². The molecule has 8 heteroatoms.